The summed E-state index contributed by atoms with van der Waals surface area (Å²) in [7, 11) is 2.07. The van der Waals surface area contributed by atoms with Crippen LogP contribution in [0, 0.1) is 0 Å². The van der Waals surface area contributed by atoms with Gasteiger partial charge in [-0.15, -0.1) is 0 Å². The van der Waals surface area contributed by atoms with Crippen molar-refractivity contribution in [3.63, 3.8) is 0 Å². The van der Waals surface area contributed by atoms with E-state index in [4.69, 9.17) is 4.74 Å². The summed E-state index contributed by atoms with van der Waals surface area (Å²) in [6.07, 6.45) is 2.87. The number of nitrogens with one attached hydrogen (secondary N) is 1. The third-order valence-corrected chi connectivity index (χ3v) is 5.25. The van der Waals surface area contributed by atoms with Crippen molar-refractivity contribution in [2.24, 2.45) is 0 Å². The number of hydrogen-bond acceptors (Lipinski definition) is 4. The predicted molar refractivity (Wildman–Crippen MR) is 104 cm³/mol. The first kappa shape index (κ1) is 19.5. The molecule has 0 aromatic heterocycles. The Morgan fingerprint density at radius 3 is 2.52 bits per heavy atom. The van der Waals surface area contributed by atoms with Crippen LogP contribution in [0.15, 0.2) is 30.3 Å². The smallest absolute Gasteiger partial charge is 0.317 e. The van der Waals surface area contributed by atoms with E-state index >= 15 is 0 Å². The molecule has 3 rings (SSSR count). The van der Waals surface area contributed by atoms with Gasteiger partial charge in [-0.2, -0.15) is 0 Å². The van der Waals surface area contributed by atoms with E-state index in [-0.39, 0.29) is 24.6 Å². The van der Waals surface area contributed by atoms with Crippen molar-refractivity contribution in [3.8, 4) is 5.75 Å². The summed E-state index contributed by atoms with van der Waals surface area (Å²) in [5.74, 6) is 0.667. The fourth-order valence-electron chi connectivity index (χ4n) is 3.51. The molecule has 1 atom stereocenters. The van der Waals surface area contributed by atoms with E-state index in [2.05, 4.69) is 17.3 Å². The van der Waals surface area contributed by atoms with Crippen molar-refractivity contribution in [2.45, 2.75) is 25.3 Å². The Hall–Kier alpha value is -2.28. The van der Waals surface area contributed by atoms with Gasteiger partial charge in [-0.1, -0.05) is 18.2 Å². The average Bonchev–Trinajstić information content (AvgIpc) is 2.93. The maximum absolute atomic E-state index is 12.6. The number of piperazine rings is 1. The van der Waals surface area contributed by atoms with Crippen LogP contribution in [-0.4, -0.2) is 85.6 Å². The van der Waals surface area contributed by atoms with Crippen molar-refractivity contribution in [3.05, 3.63) is 30.3 Å². The lowest BCUT2D eigenvalue weighted by Gasteiger charge is -2.34. The largest absolute Gasteiger partial charge is 0.484 e. The van der Waals surface area contributed by atoms with E-state index in [1.165, 1.54) is 0 Å². The lowest BCUT2D eigenvalue weighted by Crippen LogP contribution is -2.54. The van der Waals surface area contributed by atoms with Gasteiger partial charge in [0.1, 0.15) is 5.75 Å². The highest BCUT2D eigenvalue weighted by Gasteiger charge is 2.26. The number of para-hydroxylation sites is 1. The normalized spacial score (nSPS) is 21.4. The zero-order chi connectivity index (χ0) is 19.1. The fourth-order valence-corrected chi connectivity index (χ4v) is 3.51. The van der Waals surface area contributed by atoms with Gasteiger partial charge in [0.25, 0.3) is 5.91 Å². The van der Waals surface area contributed by atoms with E-state index in [1.54, 1.807) is 0 Å². The number of hydrogen-bond donors (Lipinski definition) is 1. The standard InChI is InChI=1S/C20H30N4O3/c1-22-11-13-23(14-12-22)20(26)21-17-7-5-6-10-24(15-17)19(25)16-27-18-8-3-2-4-9-18/h2-4,8-9,17H,5-7,10-16H2,1H3,(H,21,26)/t17-/m1/s1. The third-order valence-electron chi connectivity index (χ3n) is 5.25. The SMILES string of the molecule is CN1CCN(C(=O)N[C@@H]2CCCCN(C(=O)COc3ccccc3)C2)CC1. The van der Waals surface area contributed by atoms with E-state index < -0.39 is 0 Å². The molecule has 0 unspecified atom stereocenters. The lowest BCUT2D eigenvalue weighted by atomic mass is 10.1. The predicted octanol–water partition coefficient (Wildman–Crippen LogP) is 1.40. The maximum Gasteiger partial charge on any atom is 0.317 e. The second-order valence-electron chi connectivity index (χ2n) is 7.37. The van der Waals surface area contributed by atoms with Gasteiger partial charge < -0.3 is 24.8 Å². The summed E-state index contributed by atoms with van der Waals surface area (Å²) in [5, 5.41) is 3.14. The Labute approximate surface area is 161 Å². The Balaban J connectivity index is 1.49. The molecule has 148 valence electrons. The molecule has 0 saturated carbocycles. The van der Waals surface area contributed by atoms with Crippen molar-refractivity contribution in [1.82, 2.24) is 20.0 Å². The van der Waals surface area contributed by atoms with Crippen LogP contribution in [0.25, 0.3) is 0 Å². The number of carbonyl (C=O) groups is 2. The van der Waals surface area contributed by atoms with Crippen LogP contribution in [0.5, 0.6) is 5.75 Å². The highest BCUT2D eigenvalue weighted by Crippen LogP contribution is 2.13. The van der Waals surface area contributed by atoms with Crippen LogP contribution in [0.2, 0.25) is 0 Å². The number of likely N-dealkylation sites (N-methyl/N-ethyl adjacent to an activating group) is 1. The monoisotopic (exact) mass is 374 g/mol. The van der Waals surface area contributed by atoms with E-state index in [0.717, 1.165) is 52.0 Å². The first-order valence-corrected chi connectivity index (χ1v) is 9.81. The molecular weight excluding hydrogens is 344 g/mol. The molecule has 1 aromatic rings. The molecular formula is C20H30N4O3. The molecule has 3 amide bonds. The van der Waals surface area contributed by atoms with Crippen LogP contribution in [0.1, 0.15) is 19.3 Å². The molecule has 1 aromatic carbocycles. The zero-order valence-electron chi connectivity index (χ0n) is 16.1. The summed E-state index contributed by atoms with van der Waals surface area (Å²) in [6, 6.07) is 9.36. The molecule has 2 aliphatic rings. The minimum Gasteiger partial charge on any atom is -0.484 e. The third kappa shape index (κ3) is 5.85. The molecule has 0 aliphatic carbocycles. The number of carbonyl (C=O) groups excluding carboxylic acids is 2. The summed E-state index contributed by atoms with van der Waals surface area (Å²) in [5.41, 5.74) is 0. The van der Waals surface area contributed by atoms with Gasteiger partial charge in [-0.25, -0.2) is 4.79 Å². The van der Waals surface area contributed by atoms with Crippen LogP contribution in [0.3, 0.4) is 0 Å². The number of amides is 3. The molecule has 2 heterocycles. The summed E-state index contributed by atoms with van der Waals surface area (Å²) >= 11 is 0. The molecule has 2 saturated heterocycles. The average molecular weight is 374 g/mol. The minimum atomic E-state index is -0.0281. The topological polar surface area (TPSA) is 65.1 Å². The minimum absolute atomic E-state index is 0.000307. The van der Waals surface area contributed by atoms with Crippen molar-refractivity contribution >= 4 is 11.9 Å². The van der Waals surface area contributed by atoms with Gasteiger partial charge in [0.2, 0.25) is 0 Å². The number of nitrogens with zero attached hydrogens (tertiary/aromatic N) is 3. The van der Waals surface area contributed by atoms with Gasteiger partial charge in [0.05, 0.1) is 0 Å². The number of urea groups is 1. The Morgan fingerprint density at radius 2 is 1.78 bits per heavy atom. The molecule has 7 heteroatoms. The van der Waals surface area contributed by atoms with Crippen LogP contribution in [-0.2, 0) is 4.79 Å². The van der Waals surface area contributed by atoms with Crippen molar-refractivity contribution in [1.29, 1.82) is 0 Å². The number of likely N-dealkylation sites (tertiary alicyclic amines) is 1. The van der Waals surface area contributed by atoms with Crippen LogP contribution < -0.4 is 10.1 Å². The van der Waals surface area contributed by atoms with E-state index in [9.17, 15) is 9.59 Å². The van der Waals surface area contributed by atoms with Crippen molar-refractivity contribution < 1.29 is 14.3 Å². The quantitative estimate of drug-likeness (QED) is 0.865. The van der Waals surface area contributed by atoms with E-state index in [0.29, 0.717) is 12.3 Å². The highest BCUT2D eigenvalue weighted by atomic mass is 16.5. The highest BCUT2D eigenvalue weighted by molar-refractivity contribution is 5.78. The Bertz CT molecular complexity index is 617. The summed E-state index contributed by atoms with van der Waals surface area (Å²) in [6.45, 7) is 4.61. The zero-order valence-corrected chi connectivity index (χ0v) is 16.1. The fraction of sp³-hybridized carbons (Fsp3) is 0.600. The van der Waals surface area contributed by atoms with Crippen LogP contribution in [0.4, 0.5) is 4.79 Å². The van der Waals surface area contributed by atoms with Gasteiger partial charge in [-0.3, -0.25) is 4.79 Å². The van der Waals surface area contributed by atoms with Crippen molar-refractivity contribution in [2.75, 3.05) is 52.9 Å². The van der Waals surface area contributed by atoms with Gasteiger partial charge in [0.15, 0.2) is 6.61 Å². The lowest BCUT2D eigenvalue weighted by molar-refractivity contribution is -0.133. The van der Waals surface area contributed by atoms with Gasteiger partial charge in [0, 0.05) is 45.3 Å². The van der Waals surface area contributed by atoms with Crippen LogP contribution >= 0.6 is 0 Å². The van der Waals surface area contributed by atoms with Gasteiger partial charge in [-0.05, 0) is 38.4 Å². The second-order valence-corrected chi connectivity index (χ2v) is 7.37. The second kappa shape index (κ2) is 9.60. The molecule has 2 aliphatic heterocycles. The molecule has 27 heavy (non-hydrogen) atoms. The molecule has 7 nitrogen and oxygen atoms in total. The summed E-state index contributed by atoms with van der Waals surface area (Å²) < 4.78 is 5.59. The Kier molecular flexibility index (Phi) is 6.92. The number of benzene rings is 1. The molecule has 0 bridgehead atoms. The molecule has 1 N–H and O–H groups in total. The maximum atomic E-state index is 12.6. The van der Waals surface area contributed by atoms with E-state index in [1.807, 2.05) is 40.1 Å². The number of rotatable bonds is 4. The Morgan fingerprint density at radius 1 is 1.04 bits per heavy atom. The number of ether oxygens (including phenoxy) is 1. The van der Waals surface area contributed by atoms with Gasteiger partial charge >= 0.3 is 6.03 Å². The molecule has 0 radical (unpaired) electrons. The first-order chi connectivity index (χ1) is 13.1. The molecule has 2 fully saturated rings. The first-order valence-electron chi connectivity index (χ1n) is 9.81. The summed E-state index contributed by atoms with van der Waals surface area (Å²) in [4.78, 5) is 31.0. The molecule has 0 spiro atoms.